The van der Waals surface area contributed by atoms with E-state index in [1.54, 1.807) is 0 Å². The van der Waals surface area contributed by atoms with E-state index in [9.17, 15) is 14.5 Å². The molecule has 1 aromatic heterocycles. The second-order valence-electron chi connectivity index (χ2n) is 4.78. The van der Waals surface area contributed by atoms with Crippen molar-refractivity contribution >= 4 is 23.0 Å². The highest BCUT2D eigenvalue weighted by Gasteiger charge is 2.21. The Kier molecular flexibility index (Phi) is 4.18. The first kappa shape index (κ1) is 15.3. The Bertz CT molecular complexity index is 700. The average molecular weight is 313 g/mol. The van der Waals surface area contributed by atoms with Crippen LogP contribution < -0.4 is 5.32 Å². The Balaban J connectivity index is 2.36. The molecule has 2 aromatic rings. The monoisotopic (exact) mass is 312 g/mol. The molecule has 112 valence electrons. The Hall–Kier alpha value is -2.08. The van der Waals surface area contributed by atoms with Gasteiger partial charge < -0.3 is 9.73 Å². The highest BCUT2D eigenvalue weighted by Crippen LogP contribution is 2.33. The number of halogens is 2. The molecule has 1 aromatic carbocycles. The number of nitro groups is 1. The van der Waals surface area contributed by atoms with Crippen molar-refractivity contribution in [3.05, 3.63) is 56.2 Å². The molecular formula is C14H14ClFN2O3. The van der Waals surface area contributed by atoms with Gasteiger partial charge in [-0.25, -0.2) is 4.39 Å². The van der Waals surface area contributed by atoms with Gasteiger partial charge in [-0.05, 0) is 32.9 Å². The first-order valence-corrected chi connectivity index (χ1v) is 6.64. The molecule has 1 heterocycles. The number of furan rings is 1. The molecule has 0 spiro atoms. The minimum Gasteiger partial charge on any atom is -0.466 e. The van der Waals surface area contributed by atoms with E-state index in [0.717, 1.165) is 23.2 Å². The van der Waals surface area contributed by atoms with Crippen molar-refractivity contribution in [3.8, 4) is 0 Å². The fraction of sp³-hybridized carbons (Fsp3) is 0.286. The first-order valence-electron chi connectivity index (χ1n) is 6.26. The average Bonchev–Trinajstić information content (AvgIpc) is 2.72. The lowest BCUT2D eigenvalue weighted by molar-refractivity contribution is -0.384. The van der Waals surface area contributed by atoms with Gasteiger partial charge in [0.2, 0.25) is 0 Å². The van der Waals surface area contributed by atoms with Crippen molar-refractivity contribution in [2.45, 2.75) is 26.8 Å². The molecule has 1 unspecified atom stereocenters. The third-order valence-electron chi connectivity index (χ3n) is 3.15. The first-order chi connectivity index (χ1) is 9.79. The number of nitrogens with one attached hydrogen (secondary N) is 1. The third-order valence-corrected chi connectivity index (χ3v) is 3.44. The Morgan fingerprint density at radius 3 is 2.57 bits per heavy atom. The molecule has 1 N–H and O–H groups in total. The predicted molar refractivity (Wildman–Crippen MR) is 78.3 cm³/mol. The summed E-state index contributed by atoms with van der Waals surface area (Å²) < 4.78 is 18.8. The highest BCUT2D eigenvalue weighted by atomic mass is 35.5. The Morgan fingerprint density at radius 2 is 2.05 bits per heavy atom. The van der Waals surface area contributed by atoms with Crippen LogP contribution in [0.25, 0.3) is 0 Å². The van der Waals surface area contributed by atoms with Crippen molar-refractivity contribution in [2.75, 3.05) is 5.32 Å². The summed E-state index contributed by atoms with van der Waals surface area (Å²) in [5.41, 5.74) is 0.681. The number of nitrogens with zero attached hydrogens (tertiary/aromatic N) is 1. The summed E-state index contributed by atoms with van der Waals surface area (Å²) in [6.07, 6.45) is 0. The van der Waals surface area contributed by atoms with E-state index in [1.165, 1.54) is 6.07 Å². The number of nitro benzene ring substituents is 1. The minimum atomic E-state index is -0.822. The van der Waals surface area contributed by atoms with Gasteiger partial charge >= 0.3 is 0 Å². The van der Waals surface area contributed by atoms with Crippen LogP contribution in [0.4, 0.5) is 15.8 Å². The van der Waals surface area contributed by atoms with Crippen LogP contribution >= 0.6 is 11.6 Å². The maximum atomic E-state index is 13.4. The molecule has 5 nitrogen and oxygen atoms in total. The predicted octanol–water partition coefficient (Wildman–Crippen LogP) is 4.77. The zero-order valence-corrected chi connectivity index (χ0v) is 12.5. The summed E-state index contributed by atoms with van der Waals surface area (Å²) in [6.45, 7) is 5.46. The molecule has 7 heteroatoms. The smallest absolute Gasteiger partial charge is 0.295 e. The zero-order chi connectivity index (χ0) is 15.7. The van der Waals surface area contributed by atoms with E-state index < -0.39 is 10.7 Å². The van der Waals surface area contributed by atoms with Gasteiger partial charge in [-0.1, -0.05) is 11.6 Å². The number of anilines is 1. The second kappa shape index (κ2) is 5.73. The van der Waals surface area contributed by atoms with Crippen LogP contribution in [0.3, 0.4) is 0 Å². The maximum absolute atomic E-state index is 13.4. The summed E-state index contributed by atoms with van der Waals surface area (Å²) >= 11 is 5.70. The van der Waals surface area contributed by atoms with Crippen molar-refractivity contribution < 1.29 is 13.7 Å². The van der Waals surface area contributed by atoms with Gasteiger partial charge in [-0.3, -0.25) is 10.1 Å². The molecule has 0 aliphatic carbocycles. The third kappa shape index (κ3) is 3.16. The molecule has 0 radical (unpaired) electrons. The largest absolute Gasteiger partial charge is 0.466 e. The van der Waals surface area contributed by atoms with E-state index >= 15 is 0 Å². The van der Waals surface area contributed by atoms with Gasteiger partial charge in [0, 0.05) is 5.56 Å². The van der Waals surface area contributed by atoms with Crippen LogP contribution in [0, 0.1) is 29.8 Å². The summed E-state index contributed by atoms with van der Waals surface area (Å²) in [4.78, 5) is 10.4. The Labute approximate surface area is 125 Å². The number of hydrogen-bond donors (Lipinski definition) is 1. The molecule has 0 saturated heterocycles. The lowest BCUT2D eigenvalue weighted by atomic mass is 10.1. The molecule has 0 bridgehead atoms. The lowest BCUT2D eigenvalue weighted by Crippen LogP contribution is -2.09. The van der Waals surface area contributed by atoms with Gasteiger partial charge in [-0.2, -0.15) is 0 Å². The van der Waals surface area contributed by atoms with Gasteiger partial charge in [-0.15, -0.1) is 0 Å². The normalized spacial score (nSPS) is 12.2. The molecule has 0 fully saturated rings. The fourth-order valence-corrected chi connectivity index (χ4v) is 2.36. The van der Waals surface area contributed by atoms with E-state index in [2.05, 4.69) is 5.32 Å². The molecule has 0 aliphatic heterocycles. The topological polar surface area (TPSA) is 68.3 Å². The SMILES string of the molecule is Cc1cc(C(C)Nc2cc(Cl)c(F)cc2[N+](=O)[O-])c(C)o1. The summed E-state index contributed by atoms with van der Waals surface area (Å²) in [5.74, 6) is 0.656. The Morgan fingerprint density at radius 1 is 1.38 bits per heavy atom. The number of hydrogen-bond acceptors (Lipinski definition) is 4. The summed E-state index contributed by atoms with van der Waals surface area (Å²) in [5, 5.41) is 13.8. The fourth-order valence-electron chi connectivity index (χ4n) is 2.19. The minimum absolute atomic E-state index is 0.164. The van der Waals surface area contributed by atoms with Gasteiger partial charge in [0.25, 0.3) is 5.69 Å². The molecule has 0 aliphatic rings. The zero-order valence-electron chi connectivity index (χ0n) is 11.7. The second-order valence-corrected chi connectivity index (χ2v) is 5.18. The van der Waals surface area contributed by atoms with Crippen LogP contribution in [0.1, 0.15) is 30.0 Å². The van der Waals surface area contributed by atoms with Gasteiger partial charge in [0.1, 0.15) is 23.0 Å². The van der Waals surface area contributed by atoms with Gasteiger partial charge in [0.05, 0.1) is 22.1 Å². The summed E-state index contributed by atoms with van der Waals surface area (Å²) in [6, 6.07) is 3.63. The number of rotatable bonds is 4. The standard InChI is InChI=1S/C14H14ClFN2O3/c1-7-4-10(9(3)21-7)8(2)17-13-5-11(15)12(16)6-14(13)18(19)20/h4-6,8,17H,1-3H3. The molecule has 1 atom stereocenters. The molecular weight excluding hydrogens is 299 g/mol. The van der Waals surface area contributed by atoms with E-state index in [1.807, 2.05) is 26.8 Å². The van der Waals surface area contributed by atoms with Crippen molar-refractivity contribution in [1.29, 1.82) is 0 Å². The highest BCUT2D eigenvalue weighted by molar-refractivity contribution is 6.31. The van der Waals surface area contributed by atoms with Crippen molar-refractivity contribution in [2.24, 2.45) is 0 Å². The quantitative estimate of drug-likeness (QED) is 0.652. The van der Waals surface area contributed by atoms with Crippen molar-refractivity contribution in [1.82, 2.24) is 0 Å². The van der Waals surface area contributed by atoms with Gasteiger partial charge in [0.15, 0.2) is 0 Å². The van der Waals surface area contributed by atoms with E-state index in [4.69, 9.17) is 16.0 Å². The molecule has 0 amide bonds. The van der Waals surface area contributed by atoms with E-state index in [-0.39, 0.29) is 22.4 Å². The molecule has 2 rings (SSSR count). The van der Waals surface area contributed by atoms with Crippen LogP contribution in [0.15, 0.2) is 22.6 Å². The number of benzene rings is 1. The molecule has 0 saturated carbocycles. The van der Waals surface area contributed by atoms with Crippen molar-refractivity contribution in [3.63, 3.8) is 0 Å². The number of aryl methyl sites for hydroxylation is 2. The van der Waals surface area contributed by atoms with Crippen LogP contribution in [-0.4, -0.2) is 4.92 Å². The maximum Gasteiger partial charge on any atom is 0.295 e. The lowest BCUT2D eigenvalue weighted by Gasteiger charge is -2.15. The van der Waals surface area contributed by atoms with E-state index in [0.29, 0.717) is 0 Å². The van der Waals surface area contributed by atoms with Crippen LogP contribution in [0.2, 0.25) is 5.02 Å². The summed E-state index contributed by atoms with van der Waals surface area (Å²) in [7, 11) is 0. The van der Waals surface area contributed by atoms with Crippen LogP contribution in [-0.2, 0) is 0 Å². The molecule has 21 heavy (non-hydrogen) atoms. The van der Waals surface area contributed by atoms with Crippen LogP contribution in [0.5, 0.6) is 0 Å².